The molecule has 0 fully saturated rings. The normalized spacial score (nSPS) is 11.8. The van der Waals surface area contributed by atoms with Crippen molar-refractivity contribution in [3.63, 3.8) is 0 Å². The van der Waals surface area contributed by atoms with Gasteiger partial charge in [0.1, 0.15) is 6.10 Å². The molecule has 122 valence electrons. The van der Waals surface area contributed by atoms with Crippen LogP contribution in [0.5, 0.6) is 0 Å². The minimum absolute atomic E-state index is 0.203. The highest BCUT2D eigenvalue weighted by Crippen LogP contribution is 2.28. The van der Waals surface area contributed by atoms with Crippen molar-refractivity contribution in [2.75, 3.05) is 24.3 Å². The molecule has 4 nitrogen and oxygen atoms in total. The third-order valence-corrected chi connectivity index (χ3v) is 3.65. The minimum Gasteiger partial charge on any atom is -0.376 e. The molecule has 1 atom stereocenters. The third kappa shape index (κ3) is 4.98. The van der Waals surface area contributed by atoms with Gasteiger partial charge < -0.3 is 15.0 Å². The molecule has 2 rings (SSSR count). The SMILES string of the molecule is CC(OCc1ccccc1)C(=O)Nc1cc(Cl)ccc1N(C)C. The van der Waals surface area contributed by atoms with Crippen LogP contribution in [-0.4, -0.2) is 26.1 Å². The average Bonchev–Trinajstić information content (AvgIpc) is 2.53. The molecule has 0 aliphatic carbocycles. The van der Waals surface area contributed by atoms with E-state index in [-0.39, 0.29) is 5.91 Å². The molecule has 1 amide bonds. The van der Waals surface area contributed by atoms with Gasteiger partial charge >= 0.3 is 0 Å². The Morgan fingerprint density at radius 3 is 2.57 bits per heavy atom. The zero-order chi connectivity index (χ0) is 16.8. The number of anilines is 2. The van der Waals surface area contributed by atoms with E-state index in [1.807, 2.05) is 55.4 Å². The molecule has 0 aliphatic heterocycles. The smallest absolute Gasteiger partial charge is 0.253 e. The van der Waals surface area contributed by atoms with Crippen LogP contribution in [-0.2, 0) is 16.1 Å². The number of nitrogens with zero attached hydrogens (tertiary/aromatic N) is 1. The summed E-state index contributed by atoms with van der Waals surface area (Å²) in [5, 5.41) is 3.45. The third-order valence-electron chi connectivity index (χ3n) is 3.41. The van der Waals surface area contributed by atoms with Crippen molar-refractivity contribution in [1.82, 2.24) is 0 Å². The average molecular weight is 333 g/mol. The van der Waals surface area contributed by atoms with E-state index in [0.29, 0.717) is 17.3 Å². The van der Waals surface area contributed by atoms with E-state index in [2.05, 4.69) is 5.32 Å². The van der Waals surface area contributed by atoms with Gasteiger partial charge in [-0.2, -0.15) is 0 Å². The van der Waals surface area contributed by atoms with Crippen LogP contribution in [0.2, 0.25) is 5.02 Å². The van der Waals surface area contributed by atoms with Gasteiger partial charge in [0.2, 0.25) is 0 Å². The lowest BCUT2D eigenvalue weighted by Crippen LogP contribution is -2.28. The molecule has 23 heavy (non-hydrogen) atoms. The maximum atomic E-state index is 12.3. The molecule has 0 saturated heterocycles. The van der Waals surface area contributed by atoms with Crippen LogP contribution in [0.15, 0.2) is 48.5 Å². The molecular weight excluding hydrogens is 312 g/mol. The molecule has 0 heterocycles. The number of hydrogen-bond donors (Lipinski definition) is 1. The number of carbonyl (C=O) groups excluding carboxylic acids is 1. The molecule has 0 bridgehead atoms. The maximum Gasteiger partial charge on any atom is 0.253 e. The number of halogens is 1. The fourth-order valence-corrected chi connectivity index (χ4v) is 2.28. The Bertz CT molecular complexity index is 659. The summed E-state index contributed by atoms with van der Waals surface area (Å²) < 4.78 is 5.63. The first-order chi connectivity index (χ1) is 11.0. The Kier molecular flexibility index (Phi) is 6.02. The van der Waals surface area contributed by atoms with Crippen LogP contribution >= 0.6 is 11.6 Å². The Hall–Kier alpha value is -2.04. The van der Waals surface area contributed by atoms with Crippen molar-refractivity contribution in [3.8, 4) is 0 Å². The van der Waals surface area contributed by atoms with Crippen LogP contribution < -0.4 is 10.2 Å². The second-order valence-electron chi connectivity index (χ2n) is 5.48. The van der Waals surface area contributed by atoms with Crippen LogP contribution in [0, 0.1) is 0 Å². The summed E-state index contributed by atoms with van der Waals surface area (Å²) in [6.45, 7) is 2.13. The predicted molar refractivity (Wildman–Crippen MR) is 95.1 cm³/mol. The van der Waals surface area contributed by atoms with Crippen LogP contribution in [0.1, 0.15) is 12.5 Å². The van der Waals surface area contributed by atoms with Gasteiger partial charge in [0.05, 0.1) is 18.0 Å². The topological polar surface area (TPSA) is 41.6 Å². The van der Waals surface area contributed by atoms with Crippen LogP contribution in [0.25, 0.3) is 0 Å². The highest BCUT2D eigenvalue weighted by molar-refractivity contribution is 6.31. The molecular formula is C18H21ClN2O2. The summed E-state index contributed by atoms with van der Waals surface area (Å²) >= 11 is 6.02. The van der Waals surface area contributed by atoms with E-state index in [1.54, 1.807) is 19.1 Å². The molecule has 1 N–H and O–H groups in total. The molecule has 0 aliphatic rings. The van der Waals surface area contributed by atoms with E-state index in [9.17, 15) is 4.79 Å². The summed E-state index contributed by atoms with van der Waals surface area (Å²) in [6.07, 6.45) is -0.566. The van der Waals surface area contributed by atoms with Gasteiger partial charge in [0, 0.05) is 19.1 Å². The van der Waals surface area contributed by atoms with Crippen molar-refractivity contribution in [3.05, 3.63) is 59.1 Å². The highest BCUT2D eigenvalue weighted by atomic mass is 35.5. The highest BCUT2D eigenvalue weighted by Gasteiger charge is 2.16. The number of hydrogen-bond acceptors (Lipinski definition) is 3. The number of benzene rings is 2. The van der Waals surface area contributed by atoms with Crippen molar-refractivity contribution in [1.29, 1.82) is 0 Å². The summed E-state index contributed by atoms with van der Waals surface area (Å²) in [4.78, 5) is 14.2. The monoisotopic (exact) mass is 332 g/mol. The van der Waals surface area contributed by atoms with Crippen molar-refractivity contribution in [2.45, 2.75) is 19.6 Å². The minimum atomic E-state index is -0.566. The quantitative estimate of drug-likeness (QED) is 0.870. The predicted octanol–water partition coefficient (Wildman–Crippen LogP) is 3.95. The summed E-state index contributed by atoms with van der Waals surface area (Å²) in [5.41, 5.74) is 2.59. The number of rotatable bonds is 6. The van der Waals surface area contributed by atoms with E-state index in [1.165, 1.54) is 0 Å². The van der Waals surface area contributed by atoms with E-state index < -0.39 is 6.10 Å². The van der Waals surface area contributed by atoms with Crippen LogP contribution in [0.3, 0.4) is 0 Å². The molecule has 0 saturated carbocycles. The number of ether oxygens (including phenoxy) is 1. The first-order valence-electron chi connectivity index (χ1n) is 7.40. The zero-order valence-electron chi connectivity index (χ0n) is 13.5. The second kappa shape index (κ2) is 7.99. The standard InChI is InChI=1S/C18H21ClN2O2/c1-13(23-12-14-7-5-4-6-8-14)18(22)20-16-11-15(19)9-10-17(16)21(2)3/h4-11,13H,12H2,1-3H3,(H,20,22). The summed E-state index contributed by atoms with van der Waals surface area (Å²) in [6, 6.07) is 15.2. The summed E-state index contributed by atoms with van der Waals surface area (Å²) in [7, 11) is 3.82. The Balaban J connectivity index is 1.99. The van der Waals surface area contributed by atoms with E-state index in [4.69, 9.17) is 16.3 Å². The van der Waals surface area contributed by atoms with Gasteiger partial charge in [0.15, 0.2) is 0 Å². The van der Waals surface area contributed by atoms with Crippen molar-refractivity contribution >= 4 is 28.9 Å². The van der Waals surface area contributed by atoms with Gasteiger partial charge in [0.25, 0.3) is 5.91 Å². The molecule has 2 aromatic rings. The number of carbonyl (C=O) groups is 1. The van der Waals surface area contributed by atoms with Gasteiger partial charge in [-0.05, 0) is 30.7 Å². The van der Waals surface area contributed by atoms with Gasteiger partial charge in [-0.1, -0.05) is 41.9 Å². The second-order valence-corrected chi connectivity index (χ2v) is 5.92. The van der Waals surface area contributed by atoms with Gasteiger partial charge in [-0.25, -0.2) is 0 Å². The molecule has 0 spiro atoms. The molecule has 0 radical (unpaired) electrons. The number of nitrogens with one attached hydrogen (secondary N) is 1. The van der Waals surface area contributed by atoms with Crippen molar-refractivity contribution < 1.29 is 9.53 Å². The largest absolute Gasteiger partial charge is 0.376 e. The summed E-state index contributed by atoms with van der Waals surface area (Å²) in [5.74, 6) is -0.203. The maximum absolute atomic E-state index is 12.3. The van der Waals surface area contributed by atoms with Gasteiger partial charge in [-0.3, -0.25) is 4.79 Å². The van der Waals surface area contributed by atoms with Gasteiger partial charge in [-0.15, -0.1) is 0 Å². The lowest BCUT2D eigenvalue weighted by atomic mass is 10.2. The first-order valence-corrected chi connectivity index (χ1v) is 7.78. The Morgan fingerprint density at radius 1 is 1.22 bits per heavy atom. The zero-order valence-corrected chi connectivity index (χ0v) is 14.3. The molecule has 2 aromatic carbocycles. The first kappa shape index (κ1) is 17.3. The fraction of sp³-hybridized carbons (Fsp3) is 0.278. The lowest BCUT2D eigenvalue weighted by molar-refractivity contribution is -0.127. The van der Waals surface area contributed by atoms with Crippen molar-refractivity contribution in [2.24, 2.45) is 0 Å². The van der Waals surface area contributed by atoms with Crippen LogP contribution in [0.4, 0.5) is 11.4 Å². The fourth-order valence-electron chi connectivity index (χ4n) is 2.10. The molecule has 1 unspecified atom stereocenters. The Morgan fingerprint density at radius 2 is 1.91 bits per heavy atom. The molecule has 0 aromatic heterocycles. The van der Waals surface area contributed by atoms with E-state index in [0.717, 1.165) is 11.3 Å². The lowest BCUT2D eigenvalue weighted by Gasteiger charge is -2.20. The van der Waals surface area contributed by atoms with E-state index >= 15 is 0 Å². The molecule has 5 heteroatoms. The Labute approximate surface area is 142 Å². The number of amides is 1.